The van der Waals surface area contributed by atoms with E-state index in [1.54, 1.807) is 0 Å². The molecule has 0 aliphatic heterocycles. The van der Waals surface area contributed by atoms with Crippen LogP contribution in [0.5, 0.6) is 0 Å². The molecule has 70 valence electrons. The standard InChI is InChI=1S/C8H11N3O2/c1-2-12-5-11-8-6(4-9)3-7(10)13-8/h3,11H,2,5,10H2,1H3. The molecule has 0 radical (unpaired) electrons. The van der Waals surface area contributed by atoms with E-state index >= 15 is 0 Å². The molecule has 3 N–H and O–H groups in total. The van der Waals surface area contributed by atoms with Gasteiger partial charge in [0.15, 0.2) is 5.88 Å². The Morgan fingerprint density at radius 3 is 3.15 bits per heavy atom. The lowest BCUT2D eigenvalue weighted by atomic mass is 10.3. The van der Waals surface area contributed by atoms with Crippen molar-refractivity contribution >= 4 is 11.8 Å². The number of nitrogens with two attached hydrogens (primary N) is 1. The number of nitrogens with one attached hydrogen (secondary N) is 1. The van der Waals surface area contributed by atoms with E-state index in [2.05, 4.69) is 5.32 Å². The Morgan fingerprint density at radius 1 is 1.77 bits per heavy atom. The zero-order chi connectivity index (χ0) is 9.68. The molecule has 0 amide bonds. The Kier molecular flexibility index (Phi) is 3.17. The highest BCUT2D eigenvalue weighted by molar-refractivity contribution is 5.55. The van der Waals surface area contributed by atoms with Crippen molar-refractivity contribution in [2.24, 2.45) is 0 Å². The first kappa shape index (κ1) is 9.42. The van der Waals surface area contributed by atoms with Crippen LogP contribution in [0.2, 0.25) is 0 Å². The molecule has 0 aliphatic carbocycles. The van der Waals surface area contributed by atoms with E-state index in [1.807, 2.05) is 13.0 Å². The van der Waals surface area contributed by atoms with E-state index < -0.39 is 0 Å². The molecule has 0 aromatic carbocycles. The van der Waals surface area contributed by atoms with Gasteiger partial charge < -0.3 is 20.2 Å². The summed E-state index contributed by atoms with van der Waals surface area (Å²) in [5.41, 5.74) is 5.75. The molecule has 1 rings (SSSR count). The molecule has 0 unspecified atom stereocenters. The Bertz CT molecular complexity index is 314. The fourth-order valence-electron chi connectivity index (χ4n) is 0.843. The summed E-state index contributed by atoms with van der Waals surface area (Å²) in [6.07, 6.45) is 0. The van der Waals surface area contributed by atoms with Gasteiger partial charge in [-0.1, -0.05) is 0 Å². The average molecular weight is 181 g/mol. The average Bonchev–Trinajstić information content (AvgIpc) is 2.47. The SMILES string of the molecule is CCOCNc1oc(N)cc1C#N. The quantitative estimate of drug-likeness (QED) is 0.537. The van der Waals surface area contributed by atoms with E-state index in [-0.39, 0.29) is 5.88 Å². The summed E-state index contributed by atoms with van der Waals surface area (Å²) in [6.45, 7) is 2.78. The van der Waals surface area contributed by atoms with Gasteiger partial charge >= 0.3 is 0 Å². The highest BCUT2D eigenvalue weighted by atomic mass is 16.5. The highest BCUT2D eigenvalue weighted by Gasteiger charge is 2.07. The smallest absolute Gasteiger partial charge is 0.215 e. The van der Waals surface area contributed by atoms with Crippen LogP contribution >= 0.6 is 0 Å². The number of hydrogen-bond donors (Lipinski definition) is 2. The summed E-state index contributed by atoms with van der Waals surface area (Å²) in [5.74, 6) is 0.573. The molecule has 0 atom stereocenters. The van der Waals surface area contributed by atoms with Gasteiger partial charge in [0, 0.05) is 12.7 Å². The maximum absolute atomic E-state index is 8.64. The van der Waals surface area contributed by atoms with Crippen molar-refractivity contribution in [3.63, 3.8) is 0 Å². The van der Waals surface area contributed by atoms with E-state index in [9.17, 15) is 0 Å². The minimum Gasteiger partial charge on any atom is -0.424 e. The van der Waals surface area contributed by atoms with Crippen molar-refractivity contribution in [1.29, 1.82) is 5.26 Å². The maximum Gasteiger partial charge on any atom is 0.215 e. The Balaban J connectivity index is 2.60. The van der Waals surface area contributed by atoms with Crippen LogP contribution in [0.25, 0.3) is 0 Å². The number of hydrogen-bond acceptors (Lipinski definition) is 5. The van der Waals surface area contributed by atoms with Gasteiger partial charge in [-0.05, 0) is 6.92 Å². The molecule has 0 fully saturated rings. The zero-order valence-corrected chi connectivity index (χ0v) is 7.33. The minimum absolute atomic E-state index is 0.218. The molecule has 5 nitrogen and oxygen atoms in total. The second kappa shape index (κ2) is 4.38. The zero-order valence-electron chi connectivity index (χ0n) is 7.33. The second-order valence-corrected chi connectivity index (χ2v) is 2.32. The molecule has 0 saturated heterocycles. The number of nitrogen functional groups attached to an aromatic ring is 1. The van der Waals surface area contributed by atoms with Gasteiger partial charge in [0.25, 0.3) is 0 Å². The van der Waals surface area contributed by atoms with Gasteiger partial charge in [0.05, 0.1) is 0 Å². The van der Waals surface area contributed by atoms with Crippen molar-refractivity contribution in [2.75, 3.05) is 24.4 Å². The predicted octanol–water partition coefficient (Wildman–Crippen LogP) is 1.14. The topological polar surface area (TPSA) is 84.2 Å². The largest absolute Gasteiger partial charge is 0.424 e. The molecule has 0 saturated carbocycles. The monoisotopic (exact) mass is 181 g/mol. The molecule has 1 heterocycles. The first-order chi connectivity index (χ1) is 6.27. The lowest BCUT2D eigenvalue weighted by Gasteiger charge is -2.01. The van der Waals surface area contributed by atoms with Crippen molar-refractivity contribution in [3.05, 3.63) is 11.6 Å². The molecule has 5 heteroatoms. The van der Waals surface area contributed by atoms with Crippen molar-refractivity contribution in [3.8, 4) is 6.07 Å². The number of ether oxygens (including phenoxy) is 1. The first-order valence-electron chi connectivity index (χ1n) is 3.89. The van der Waals surface area contributed by atoms with E-state index in [4.69, 9.17) is 20.1 Å². The van der Waals surface area contributed by atoms with Gasteiger partial charge in [-0.15, -0.1) is 0 Å². The molecule has 0 aliphatic rings. The number of rotatable bonds is 4. The van der Waals surface area contributed by atoms with E-state index in [0.717, 1.165) is 0 Å². The Hall–Kier alpha value is -1.67. The fourth-order valence-corrected chi connectivity index (χ4v) is 0.843. The summed E-state index contributed by atoms with van der Waals surface area (Å²) in [6, 6.07) is 3.42. The van der Waals surface area contributed by atoms with Crippen LogP contribution in [0.4, 0.5) is 11.8 Å². The molecule has 0 bridgehead atoms. The lowest BCUT2D eigenvalue weighted by Crippen LogP contribution is -2.05. The van der Waals surface area contributed by atoms with Gasteiger partial charge in [-0.2, -0.15) is 5.26 Å². The van der Waals surface area contributed by atoms with Crippen LogP contribution in [-0.4, -0.2) is 13.3 Å². The normalized spacial score (nSPS) is 9.54. The van der Waals surface area contributed by atoms with E-state index in [0.29, 0.717) is 24.8 Å². The third-order valence-electron chi connectivity index (χ3n) is 1.41. The van der Waals surface area contributed by atoms with Crippen LogP contribution in [0.15, 0.2) is 10.5 Å². The third-order valence-corrected chi connectivity index (χ3v) is 1.41. The van der Waals surface area contributed by atoms with Gasteiger partial charge in [-0.25, -0.2) is 0 Å². The van der Waals surface area contributed by atoms with Gasteiger partial charge in [0.2, 0.25) is 5.88 Å². The number of nitrogens with zero attached hydrogens (tertiary/aromatic N) is 1. The molecule has 1 aromatic heterocycles. The Labute approximate surface area is 76.1 Å². The van der Waals surface area contributed by atoms with Crippen molar-refractivity contribution < 1.29 is 9.15 Å². The number of furan rings is 1. The fraction of sp³-hybridized carbons (Fsp3) is 0.375. The van der Waals surface area contributed by atoms with Gasteiger partial charge in [0.1, 0.15) is 18.4 Å². The summed E-state index contributed by atoms with van der Waals surface area (Å²) >= 11 is 0. The molecule has 1 aromatic rings. The minimum atomic E-state index is 0.218. The highest BCUT2D eigenvalue weighted by Crippen LogP contribution is 2.21. The number of anilines is 2. The lowest BCUT2D eigenvalue weighted by molar-refractivity contribution is 0.165. The molecular weight excluding hydrogens is 170 g/mol. The Morgan fingerprint density at radius 2 is 2.54 bits per heavy atom. The third kappa shape index (κ3) is 2.39. The van der Waals surface area contributed by atoms with Crippen molar-refractivity contribution in [1.82, 2.24) is 0 Å². The van der Waals surface area contributed by atoms with Crippen LogP contribution < -0.4 is 11.1 Å². The first-order valence-corrected chi connectivity index (χ1v) is 3.89. The van der Waals surface area contributed by atoms with Crippen LogP contribution in [0, 0.1) is 11.3 Å². The summed E-state index contributed by atoms with van der Waals surface area (Å²) < 4.78 is 10.0. The molecule has 13 heavy (non-hydrogen) atoms. The van der Waals surface area contributed by atoms with Gasteiger partial charge in [-0.3, -0.25) is 0 Å². The summed E-state index contributed by atoms with van der Waals surface area (Å²) in [7, 11) is 0. The van der Waals surface area contributed by atoms with Crippen LogP contribution in [0.1, 0.15) is 12.5 Å². The van der Waals surface area contributed by atoms with Crippen molar-refractivity contribution in [2.45, 2.75) is 6.92 Å². The summed E-state index contributed by atoms with van der Waals surface area (Å²) in [5, 5.41) is 11.4. The number of nitriles is 1. The molecule has 0 spiro atoms. The maximum atomic E-state index is 8.64. The van der Waals surface area contributed by atoms with Crippen LogP contribution in [-0.2, 0) is 4.74 Å². The molecular formula is C8H11N3O2. The van der Waals surface area contributed by atoms with Crippen LogP contribution in [0.3, 0.4) is 0 Å². The van der Waals surface area contributed by atoms with E-state index in [1.165, 1.54) is 6.07 Å². The summed E-state index contributed by atoms with van der Waals surface area (Å²) in [4.78, 5) is 0. The predicted molar refractivity (Wildman–Crippen MR) is 48.0 cm³/mol. The second-order valence-electron chi connectivity index (χ2n) is 2.32.